The molecule has 1 N–H and O–H groups in total. The Kier molecular flexibility index (Phi) is 2.56. The van der Waals surface area contributed by atoms with Gasteiger partial charge >= 0.3 is 0 Å². The molecule has 0 saturated carbocycles. The summed E-state index contributed by atoms with van der Waals surface area (Å²) < 4.78 is 13.7. The molecule has 0 aliphatic rings. The van der Waals surface area contributed by atoms with Crippen molar-refractivity contribution < 1.29 is 9.50 Å². The molecule has 2 aromatic rings. The van der Waals surface area contributed by atoms with Gasteiger partial charge in [0, 0.05) is 28.6 Å². The summed E-state index contributed by atoms with van der Waals surface area (Å²) >= 11 is 0. The molecule has 0 radical (unpaired) electrons. The van der Waals surface area contributed by atoms with Crippen LogP contribution in [0.25, 0.3) is 11.1 Å². The number of hydrogen-bond donors (Lipinski definition) is 1. The van der Waals surface area contributed by atoms with Gasteiger partial charge in [0.2, 0.25) is 0 Å². The highest BCUT2D eigenvalue weighted by Gasteiger charge is 2.12. The van der Waals surface area contributed by atoms with Crippen LogP contribution in [0.4, 0.5) is 4.39 Å². The summed E-state index contributed by atoms with van der Waals surface area (Å²) in [4.78, 5) is 8.08. The first-order valence-electron chi connectivity index (χ1n) is 4.86. The van der Waals surface area contributed by atoms with Crippen molar-refractivity contribution in [2.75, 3.05) is 0 Å². The first kappa shape index (κ1) is 10.5. The van der Waals surface area contributed by atoms with Crippen LogP contribution in [0.2, 0.25) is 0 Å². The van der Waals surface area contributed by atoms with E-state index in [0.29, 0.717) is 11.1 Å². The van der Waals surface area contributed by atoms with E-state index in [1.807, 2.05) is 0 Å². The number of aromatic nitrogens is 2. The summed E-state index contributed by atoms with van der Waals surface area (Å²) in [6.45, 7) is 3.60. The maximum Gasteiger partial charge on any atom is 0.134 e. The minimum absolute atomic E-state index is 0.0894. The maximum absolute atomic E-state index is 13.7. The molecule has 1 heterocycles. The summed E-state index contributed by atoms with van der Waals surface area (Å²) in [5.41, 5.74) is 2.53. The molecule has 3 nitrogen and oxygen atoms in total. The molecule has 16 heavy (non-hydrogen) atoms. The second-order valence-electron chi connectivity index (χ2n) is 3.58. The van der Waals surface area contributed by atoms with E-state index in [4.69, 9.17) is 5.11 Å². The second kappa shape index (κ2) is 3.89. The molecule has 0 atom stereocenters. The SMILES string of the molecule is Cc1ncnc(C)c1-c1ccc(O)cc1F. The molecule has 1 aromatic heterocycles. The summed E-state index contributed by atoms with van der Waals surface area (Å²) in [5.74, 6) is -0.561. The molecule has 0 amide bonds. The Labute approximate surface area is 92.6 Å². The molecule has 0 fully saturated rings. The molecular weight excluding hydrogens is 207 g/mol. The second-order valence-corrected chi connectivity index (χ2v) is 3.58. The van der Waals surface area contributed by atoms with Crippen molar-refractivity contribution in [3.05, 3.63) is 41.7 Å². The number of aromatic hydroxyl groups is 1. The van der Waals surface area contributed by atoms with Crippen LogP contribution in [0.5, 0.6) is 5.75 Å². The number of halogens is 1. The maximum atomic E-state index is 13.7. The summed E-state index contributed by atoms with van der Waals surface area (Å²) in [7, 11) is 0. The lowest BCUT2D eigenvalue weighted by atomic mass is 10.0. The number of phenolic OH excluding ortho intramolecular Hbond substituents is 1. The van der Waals surface area contributed by atoms with E-state index in [-0.39, 0.29) is 5.75 Å². The topological polar surface area (TPSA) is 46.0 Å². The van der Waals surface area contributed by atoms with Crippen molar-refractivity contribution in [1.82, 2.24) is 9.97 Å². The van der Waals surface area contributed by atoms with E-state index in [9.17, 15) is 4.39 Å². The Bertz CT molecular complexity index is 520. The highest BCUT2D eigenvalue weighted by molar-refractivity contribution is 5.69. The van der Waals surface area contributed by atoms with Gasteiger partial charge in [-0.15, -0.1) is 0 Å². The average Bonchev–Trinajstić information content (AvgIpc) is 2.20. The van der Waals surface area contributed by atoms with Crippen molar-refractivity contribution in [3.63, 3.8) is 0 Å². The Morgan fingerprint density at radius 3 is 2.31 bits per heavy atom. The van der Waals surface area contributed by atoms with E-state index in [1.54, 1.807) is 13.8 Å². The van der Waals surface area contributed by atoms with E-state index in [2.05, 4.69) is 9.97 Å². The largest absolute Gasteiger partial charge is 0.508 e. The molecular formula is C12H11FN2O. The lowest BCUT2D eigenvalue weighted by molar-refractivity contribution is 0.469. The van der Waals surface area contributed by atoms with Crippen molar-refractivity contribution in [2.45, 2.75) is 13.8 Å². The van der Waals surface area contributed by atoms with Gasteiger partial charge in [0.05, 0.1) is 0 Å². The number of phenols is 1. The van der Waals surface area contributed by atoms with Crippen LogP contribution in [0.1, 0.15) is 11.4 Å². The van der Waals surface area contributed by atoms with E-state index >= 15 is 0 Å². The molecule has 0 bridgehead atoms. The van der Waals surface area contributed by atoms with Crippen LogP contribution in [-0.2, 0) is 0 Å². The molecule has 2 rings (SSSR count). The predicted octanol–water partition coefficient (Wildman–Crippen LogP) is 2.61. The van der Waals surface area contributed by atoms with Gasteiger partial charge < -0.3 is 5.11 Å². The zero-order valence-corrected chi connectivity index (χ0v) is 9.03. The van der Waals surface area contributed by atoms with Crippen LogP contribution in [0.3, 0.4) is 0 Å². The third kappa shape index (κ3) is 1.74. The average molecular weight is 218 g/mol. The fourth-order valence-corrected chi connectivity index (χ4v) is 1.69. The number of benzene rings is 1. The van der Waals surface area contributed by atoms with Crippen molar-refractivity contribution in [2.24, 2.45) is 0 Å². The quantitative estimate of drug-likeness (QED) is 0.800. The molecule has 82 valence electrons. The van der Waals surface area contributed by atoms with Gasteiger partial charge in [0.15, 0.2) is 0 Å². The molecule has 0 spiro atoms. The number of aryl methyl sites for hydroxylation is 2. The molecule has 0 aliphatic carbocycles. The molecule has 0 unspecified atom stereocenters. The van der Waals surface area contributed by atoms with Gasteiger partial charge in [-0.25, -0.2) is 14.4 Å². The van der Waals surface area contributed by atoms with Crippen molar-refractivity contribution in [3.8, 4) is 16.9 Å². The third-order valence-corrected chi connectivity index (χ3v) is 2.45. The van der Waals surface area contributed by atoms with Gasteiger partial charge in [0.1, 0.15) is 17.9 Å². The Morgan fingerprint density at radius 1 is 1.12 bits per heavy atom. The summed E-state index contributed by atoms with van der Waals surface area (Å²) in [5, 5.41) is 9.15. The Hall–Kier alpha value is -1.97. The Balaban J connectivity index is 2.68. The molecule has 1 aromatic carbocycles. The van der Waals surface area contributed by atoms with Crippen LogP contribution in [0, 0.1) is 19.7 Å². The summed E-state index contributed by atoms with van der Waals surface area (Å²) in [6.07, 6.45) is 1.45. The zero-order chi connectivity index (χ0) is 11.7. The van der Waals surface area contributed by atoms with Gasteiger partial charge in [-0.1, -0.05) is 0 Å². The van der Waals surface area contributed by atoms with Crippen LogP contribution in [-0.4, -0.2) is 15.1 Å². The first-order chi connectivity index (χ1) is 7.59. The standard InChI is InChI=1S/C12H11FN2O/c1-7-12(8(2)15-6-14-7)10-4-3-9(16)5-11(10)13/h3-6,16H,1-2H3. The first-order valence-corrected chi connectivity index (χ1v) is 4.86. The van der Waals surface area contributed by atoms with Gasteiger partial charge in [-0.2, -0.15) is 0 Å². The highest BCUT2D eigenvalue weighted by atomic mass is 19.1. The van der Waals surface area contributed by atoms with Crippen LogP contribution >= 0.6 is 0 Å². The summed E-state index contributed by atoms with van der Waals surface area (Å²) in [6, 6.07) is 4.06. The fraction of sp³-hybridized carbons (Fsp3) is 0.167. The molecule has 0 aliphatic heterocycles. The Morgan fingerprint density at radius 2 is 1.75 bits per heavy atom. The number of rotatable bonds is 1. The zero-order valence-electron chi connectivity index (χ0n) is 9.03. The highest BCUT2D eigenvalue weighted by Crippen LogP contribution is 2.28. The minimum atomic E-state index is -0.471. The smallest absolute Gasteiger partial charge is 0.134 e. The number of hydrogen-bond acceptors (Lipinski definition) is 3. The van der Waals surface area contributed by atoms with Gasteiger partial charge in [0.25, 0.3) is 0 Å². The normalized spacial score (nSPS) is 10.4. The number of nitrogens with zero attached hydrogens (tertiary/aromatic N) is 2. The third-order valence-electron chi connectivity index (χ3n) is 2.45. The van der Waals surface area contributed by atoms with Crippen LogP contribution in [0.15, 0.2) is 24.5 Å². The predicted molar refractivity (Wildman–Crippen MR) is 58.6 cm³/mol. The van der Waals surface area contributed by atoms with Gasteiger partial charge in [-0.05, 0) is 26.0 Å². The van der Waals surface area contributed by atoms with E-state index in [0.717, 1.165) is 17.5 Å². The lowest BCUT2D eigenvalue weighted by Gasteiger charge is -2.09. The lowest BCUT2D eigenvalue weighted by Crippen LogP contribution is -1.96. The molecule has 0 saturated heterocycles. The van der Waals surface area contributed by atoms with Crippen LogP contribution < -0.4 is 0 Å². The fourth-order valence-electron chi connectivity index (χ4n) is 1.69. The van der Waals surface area contributed by atoms with Crippen molar-refractivity contribution >= 4 is 0 Å². The van der Waals surface area contributed by atoms with E-state index in [1.165, 1.54) is 18.5 Å². The molecule has 4 heteroatoms. The van der Waals surface area contributed by atoms with E-state index < -0.39 is 5.82 Å². The van der Waals surface area contributed by atoms with Gasteiger partial charge in [-0.3, -0.25) is 0 Å². The monoisotopic (exact) mass is 218 g/mol. The minimum Gasteiger partial charge on any atom is -0.508 e. The van der Waals surface area contributed by atoms with Crippen molar-refractivity contribution in [1.29, 1.82) is 0 Å².